The molecule has 0 aromatic heterocycles. The molecule has 0 unspecified atom stereocenters. The molecule has 0 aliphatic heterocycles. The number of hydrogen-bond acceptors (Lipinski definition) is 1. The van der Waals surface area contributed by atoms with E-state index in [2.05, 4.69) is 45.0 Å². The fourth-order valence-electron chi connectivity index (χ4n) is 1.84. The van der Waals surface area contributed by atoms with Crippen LogP contribution < -0.4 is 0 Å². The summed E-state index contributed by atoms with van der Waals surface area (Å²) >= 11 is 0. The van der Waals surface area contributed by atoms with Crippen LogP contribution in [0.15, 0.2) is 24.3 Å². The molecule has 1 rings (SSSR count). The summed E-state index contributed by atoms with van der Waals surface area (Å²) in [7, 11) is 0. The van der Waals surface area contributed by atoms with E-state index in [0.717, 1.165) is 19.3 Å². The molecule has 0 aliphatic carbocycles. The van der Waals surface area contributed by atoms with E-state index in [1.807, 2.05) is 0 Å². The van der Waals surface area contributed by atoms with Gasteiger partial charge in [-0.1, -0.05) is 45.0 Å². The molecule has 0 bridgehead atoms. The Labute approximate surface area is 93.1 Å². The van der Waals surface area contributed by atoms with E-state index in [9.17, 15) is 0 Å². The highest BCUT2D eigenvalue weighted by atomic mass is 16.3. The van der Waals surface area contributed by atoms with Gasteiger partial charge in [-0.3, -0.25) is 0 Å². The molecule has 0 saturated heterocycles. The number of aryl methyl sites for hydroxylation is 1. The van der Waals surface area contributed by atoms with Gasteiger partial charge < -0.3 is 5.11 Å². The number of aliphatic hydroxyl groups excluding tert-OH is 1. The topological polar surface area (TPSA) is 20.2 Å². The second kappa shape index (κ2) is 5.32. The predicted molar refractivity (Wildman–Crippen MR) is 65.0 cm³/mol. The highest BCUT2D eigenvalue weighted by molar-refractivity contribution is 5.23. The number of benzene rings is 1. The summed E-state index contributed by atoms with van der Waals surface area (Å²) in [6.45, 7) is 6.86. The van der Waals surface area contributed by atoms with Gasteiger partial charge in [-0.25, -0.2) is 0 Å². The Balaban J connectivity index is 2.64. The Morgan fingerprint density at radius 1 is 1.07 bits per heavy atom. The molecule has 1 N–H and O–H groups in total. The van der Waals surface area contributed by atoms with Crippen molar-refractivity contribution in [3.8, 4) is 0 Å². The van der Waals surface area contributed by atoms with Gasteiger partial charge in [0.2, 0.25) is 0 Å². The van der Waals surface area contributed by atoms with Gasteiger partial charge in [0.05, 0.1) is 0 Å². The van der Waals surface area contributed by atoms with Crippen molar-refractivity contribution in [2.24, 2.45) is 5.41 Å². The molecule has 0 radical (unpaired) electrons. The molecule has 0 atom stereocenters. The van der Waals surface area contributed by atoms with E-state index in [1.165, 1.54) is 11.1 Å². The second-order valence-electron chi connectivity index (χ2n) is 4.98. The third-order valence-electron chi connectivity index (χ3n) is 2.90. The quantitative estimate of drug-likeness (QED) is 0.784. The molecule has 0 saturated carbocycles. The molecule has 0 fully saturated rings. The third-order valence-corrected chi connectivity index (χ3v) is 2.90. The standard InChI is InChI=1S/C14H22O/c1-4-12-5-7-13(8-6-12)11-14(2,3)9-10-15/h5-8,15H,4,9-11H2,1-3H3. The first-order valence-electron chi connectivity index (χ1n) is 5.76. The highest BCUT2D eigenvalue weighted by Crippen LogP contribution is 2.25. The van der Waals surface area contributed by atoms with Crippen molar-refractivity contribution in [3.63, 3.8) is 0 Å². The Bertz CT molecular complexity index is 285. The van der Waals surface area contributed by atoms with Crippen LogP contribution in [0.5, 0.6) is 0 Å². The minimum Gasteiger partial charge on any atom is -0.396 e. The van der Waals surface area contributed by atoms with E-state index >= 15 is 0 Å². The van der Waals surface area contributed by atoms with Crippen LogP contribution in [0.4, 0.5) is 0 Å². The monoisotopic (exact) mass is 206 g/mol. The first kappa shape index (κ1) is 12.3. The SMILES string of the molecule is CCc1ccc(CC(C)(C)CCO)cc1. The first-order chi connectivity index (χ1) is 7.07. The minimum atomic E-state index is 0.197. The lowest BCUT2D eigenvalue weighted by Gasteiger charge is -2.23. The normalized spacial score (nSPS) is 11.7. The zero-order valence-electron chi connectivity index (χ0n) is 10.1. The van der Waals surface area contributed by atoms with Crippen molar-refractivity contribution in [2.75, 3.05) is 6.61 Å². The molecule has 0 spiro atoms. The van der Waals surface area contributed by atoms with Crippen LogP contribution in [0.25, 0.3) is 0 Å². The van der Waals surface area contributed by atoms with E-state index < -0.39 is 0 Å². The fraction of sp³-hybridized carbons (Fsp3) is 0.571. The number of aliphatic hydroxyl groups is 1. The van der Waals surface area contributed by atoms with Crippen LogP contribution in [0.3, 0.4) is 0 Å². The summed E-state index contributed by atoms with van der Waals surface area (Å²) in [5.74, 6) is 0. The summed E-state index contributed by atoms with van der Waals surface area (Å²) < 4.78 is 0. The van der Waals surface area contributed by atoms with Crippen LogP contribution >= 0.6 is 0 Å². The molecular weight excluding hydrogens is 184 g/mol. The Hall–Kier alpha value is -0.820. The predicted octanol–water partition coefficient (Wildman–Crippen LogP) is 3.20. The van der Waals surface area contributed by atoms with Gasteiger partial charge in [0, 0.05) is 6.61 Å². The largest absolute Gasteiger partial charge is 0.396 e. The van der Waals surface area contributed by atoms with Gasteiger partial charge in [0.1, 0.15) is 0 Å². The van der Waals surface area contributed by atoms with Gasteiger partial charge in [0.15, 0.2) is 0 Å². The van der Waals surface area contributed by atoms with Crippen LogP contribution in [-0.4, -0.2) is 11.7 Å². The summed E-state index contributed by atoms with van der Waals surface area (Å²) in [6.07, 6.45) is 3.00. The lowest BCUT2D eigenvalue weighted by molar-refractivity contribution is 0.211. The van der Waals surface area contributed by atoms with E-state index in [1.54, 1.807) is 0 Å². The first-order valence-corrected chi connectivity index (χ1v) is 5.76. The van der Waals surface area contributed by atoms with Crippen LogP contribution in [-0.2, 0) is 12.8 Å². The van der Waals surface area contributed by atoms with Gasteiger partial charge in [-0.2, -0.15) is 0 Å². The number of hydrogen-bond donors (Lipinski definition) is 1. The van der Waals surface area contributed by atoms with E-state index in [0.29, 0.717) is 0 Å². The molecule has 0 amide bonds. The van der Waals surface area contributed by atoms with Gasteiger partial charge in [0.25, 0.3) is 0 Å². The van der Waals surface area contributed by atoms with Gasteiger partial charge in [-0.15, -0.1) is 0 Å². The van der Waals surface area contributed by atoms with Crippen LogP contribution in [0.1, 0.15) is 38.3 Å². The van der Waals surface area contributed by atoms with Gasteiger partial charge >= 0.3 is 0 Å². The Morgan fingerprint density at radius 3 is 2.07 bits per heavy atom. The average molecular weight is 206 g/mol. The van der Waals surface area contributed by atoms with Crippen molar-refractivity contribution in [1.29, 1.82) is 0 Å². The zero-order chi connectivity index (χ0) is 11.3. The molecule has 15 heavy (non-hydrogen) atoms. The maximum Gasteiger partial charge on any atom is 0.0436 e. The average Bonchev–Trinajstić information content (AvgIpc) is 2.18. The van der Waals surface area contributed by atoms with E-state index in [-0.39, 0.29) is 12.0 Å². The molecule has 0 heterocycles. The Kier molecular flexibility index (Phi) is 4.34. The van der Waals surface area contributed by atoms with Gasteiger partial charge in [-0.05, 0) is 35.8 Å². The highest BCUT2D eigenvalue weighted by Gasteiger charge is 2.17. The molecule has 84 valence electrons. The summed E-state index contributed by atoms with van der Waals surface area (Å²) in [5.41, 5.74) is 2.95. The maximum atomic E-state index is 8.96. The third kappa shape index (κ3) is 4.05. The second-order valence-corrected chi connectivity index (χ2v) is 4.98. The molecule has 0 aliphatic rings. The molecule has 1 nitrogen and oxygen atoms in total. The van der Waals surface area contributed by atoms with Crippen molar-refractivity contribution >= 4 is 0 Å². The summed E-state index contributed by atoms with van der Waals surface area (Å²) in [5, 5.41) is 8.96. The lowest BCUT2D eigenvalue weighted by atomic mass is 9.83. The molecule has 1 heteroatoms. The van der Waals surface area contributed by atoms with Crippen LogP contribution in [0, 0.1) is 5.41 Å². The maximum absolute atomic E-state index is 8.96. The minimum absolute atomic E-state index is 0.197. The molecular formula is C14H22O. The zero-order valence-corrected chi connectivity index (χ0v) is 10.1. The number of rotatable bonds is 5. The molecule has 1 aromatic carbocycles. The van der Waals surface area contributed by atoms with Crippen molar-refractivity contribution < 1.29 is 5.11 Å². The van der Waals surface area contributed by atoms with Crippen LogP contribution in [0.2, 0.25) is 0 Å². The molecule has 1 aromatic rings. The summed E-state index contributed by atoms with van der Waals surface area (Å²) in [6, 6.07) is 8.81. The van der Waals surface area contributed by atoms with Crippen molar-refractivity contribution in [2.45, 2.75) is 40.0 Å². The van der Waals surface area contributed by atoms with Crippen molar-refractivity contribution in [3.05, 3.63) is 35.4 Å². The fourth-order valence-corrected chi connectivity index (χ4v) is 1.84. The smallest absolute Gasteiger partial charge is 0.0436 e. The van der Waals surface area contributed by atoms with E-state index in [4.69, 9.17) is 5.11 Å². The Morgan fingerprint density at radius 2 is 1.60 bits per heavy atom. The van der Waals surface area contributed by atoms with Crippen molar-refractivity contribution in [1.82, 2.24) is 0 Å². The lowest BCUT2D eigenvalue weighted by Crippen LogP contribution is -2.16. The summed E-state index contributed by atoms with van der Waals surface area (Å²) in [4.78, 5) is 0.